The van der Waals surface area contributed by atoms with E-state index in [0.717, 1.165) is 60.3 Å². The highest BCUT2D eigenvalue weighted by Gasteiger charge is 2.31. The Morgan fingerprint density at radius 3 is 1.30 bits per heavy atom. The van der Waals surface area contributed by atoms with Crippen LogP contribution in [0.5, 0.6) is 23.0 Å². The van der Waals surface area contributed by atoms with Crippen LogP contribution in [0.15, 0.2) is 168 Å². The first kappa shape index (κ1) is 41.7. The van der Waals surface area contributed by atoms with E-state index in [4.69, 9.17) is 23.7 Å². The Hall–Kier alpha value is -6.04. The quantitative estimate of drug-likeness (QED) is 0.0613. The molecule has 0 N–H and O–H groups in total. The van der Waals surface area contributed by atoms with Crippen LogP contribution in [0.2, 0.25) is 0 Å². The molecule has 6 aromatic rings. The smallest absolute Gasteiger partial charge is 0.355 e. The fraction of sp³-hybridized carbons (Fsp3) is 0.240. The number of hydrogen-bond acceptors (Lipinski definition) is 11. The van der Waals surface area contributed by atoms with Gasteiger partial charge in [0.25, 0.3) is 0 Å². The van der Waals surface area contributed by atoms with E-state index in [0.29, 0.717) is 24.7 Å². The molecule has 0 spiro atoms. The molecule has 6 aromatic carbocycles. The largest absolute Gasteiger partial charge is 0.492 e. The van der Waals surface area contributed by atoms with Crippen molar-refractivity contribution in [3.63, 3.8) is 0 Å². The molecule has 2 atom stereocenters. The SMILES string of the molecule is O=C(OC(=O)C(Cc1ccc(OCCN2CCSc3ccccc32)cc1)Oc1ccccc1)C(Cc1ccc(OCCN2CCSc3ccccc32)cc1)Oc1ccccc1. The summed E-state index contributed by atoms with van der Waals surface area (Å²) in [5.41, 5.74) is 4.13. The molecule has 8 rings (SSSR count). The highest BCUT2D eigenvalue weighted by Crippen LogP contribution is 2.35. The lowest BCUT2D eigenvalue weighted by atomic mass is 10.1. The highest BCUT2D eigenvalue weighted by atomic mass is 32.2. The molecule has 0 saturated carbocycles. The van der Waals surface area contributed by atoms with Gasteiger partial charge in [-0.05, 0) is 83.9 Å². The molecule has 0 aliphatic carbocycles. The standard InChI is InChI=1S/C50H48N2O7S2/c53-49(45(57-41-11-3-1-4-12-41)35-37-19-23-39(24-20-37)55-31-27-51-29-33-60-47-17-9-7-15-43(47)51)59-50(54)46(58-42-13-5-2-6-14-42)36-38-21-25-40(26-22-38)56-32-28-52-30-34-61-48-18-10-8-16-44(48)52/h1-26,45-46H,27-36H2. The molecule has 9 nitrogen and oxygen atoms in total. The maximum absolute atomic E-state index is 13.9. The number of carbonyl (C=O) groups excluding carboxylic acids is 2. The number of carbonyl (C=O) groups is 2. The van der Waals surface area contributed by atoms with Crippen LogP contribution in [-0.2, 0) is 27.2 Å². The Labute approximate surface area is 365 Å². The molecule has 2 unspecified atom stereocenters. The maximum Gasteiger partial charge on any atom is 0.355 e. The first-order valence-corrected chi connectivity index (χ1v) is 22.6. The normalized spacial score (nSPS) is 14.2. The number of hydrogen-bond donors (Lipinski definition) is 0. The Kier molecular flexibility index (Phi) is 14.3. The molecule has 0 fully saturated rings. The zero-order chi connectivity index (χ0) is 41.6. The number of ether oxygens (including phenoxy) is 5. The molecular formula is C50H48N2O7S2. The second kappa shape index (κ2) is 21.0. The van der Waals surface area contributed by atoms with Gasteiger partial charge in [-0.3, -0.25) is 0 Å². The Bertz CT molecular complexity index is 2170. The van der Waals surface area contributed by atoms with Crippen molar-refractivity contribution in [3.8, 4) is 23.0 Å². The van der Waals surface area contributed by atoms with Gasteiger partial charge >= 0.3 is 11.9 Å². The van der Waals surface area contributed by atoms with Crippen LogP contribution >= 0.6 is 23.5 Å². The Morgan fingerprint density at radius 2 is 0.869 bits per heavy atom. The zero-order valence-corrected chi connectivity index (χ0v) is 35.4. The van der Waals surface area contributed by atoms with E-state index >= 15 is 0 Å². The van der Waals surface area contributed by atoms with Crippen molar-refractivity contribution in [2.75, 3.05) is 60.7 Å². The summed E-state index contributed by atoms with van der Waals surface area (Å²) in [4.78, 5) is 35.0. The lowest BCUT2D eigenvalue weighted by Crippen LogP contribution is -2.39. The van der Waals surface area contributed by atoms with Crippen LogP contribution in [0.1, 0.15) is 11.1 Å². The first-order valence-electron chi connectivity index (χ1n) is 20.6. The number of rotatable bonds is 18. The number of thioether (sulfide) groups is 2. The lowest BCUT2D eigenvalue weighted by molar-refractivity contribution is -0.169. The predicted octanol–water partition coefficient (Wildman–Crippen LogP) is 9.42. The molecule has 0 aromatic heterocycles. The molecule has 61 heavy (non-hydrogen) atoms. The first-order chi connectivity index (χ1) is 30.0. The second-order valence-electron chi connectivity index (χ2n) is 14.6. The average molecular weight is 853 g/mol. The molecule has 0 saturated heterocycles. The molecule has 11 heteroatoms. The van der Waals surface area contributed by atoms with Crippen LogP contribution in [0, 0.1) is 0 Å². The van der Waals surface area contributed by atoms with Crippen LogP contribution in [0.3, 0.4) is 0 Å². The van der Waals surface area contributed by atoms with Gasteiger partial charge in [-0.1, -0.05) is 84.9 Å². The van der Waals surface area contributed by atoms with Gasteiger partial charge < -0.3 is 33.5 Å². The summed E-state index contributed by atoms with van der Waals surface area (Å²) in [6.45, 7) is 4.56. The van der Waals surface area contributed by atoms with Crippen LogP contribution in [0.25, 0.3) is 0 Å². The highest BCUT2D eigenvalue weighted by molar-refractivity contribution is 7.99. The van der Waals surface area contributed by atoms with Gasteiger partial charge in [-0.15, -0.1) is 23.5 Å². The summed E-state index contributed by atoms with van der Waals surface area (Å²) in [5, 5.41) is 0. The molecule has 312 valence electrons. The summed E-state index contributed by atoms with van der Waals surface area (Å²) < 4.78 is 30.2. The van der Waals surface area contributed by atoms with Gasteiger partial charge in [0.1, 0.15) is 36.2 Å². The maximum atomic E-state index is 13.9. The van der Waals surface area contributed by atoms with E-state index in [1.807, 2.05) is 108 Å². The molecular weight excluding hydrogens is 805 g/mol. The van der Waals surface area contributed by atoms with E-state index in [1.165, 1.54) is 21.2 Å². The molecule has 2 heterocycles. The van der Waals surface area contributed by atoms with Crippen LogP contribution < -0.4 is 28.7 Å². The monoisotopic (exact) mass is 852 g/mol. The van der Waals surface area contributed by atoms with Gasteiger partial charge in [0.05, 0.1) is 24.5 Å². The minimum Gasteiger partial charge on any atom is -0.492 e. The summed E-state index contributed by atoms with van der Waals surface area (Å²) in [5.74, 6) is 2.89. The Morgan fingerprint density at radius 1 is 0.475 bits per heavy atom. The van der Waals surface area contributed by atoms with Gasteiger partial charge in [-0.2, -0.15) is 0 Å². The fourth-order valence-electron chi connectivity index (χ4n) is 7.24. The van der Waals surface area contributed by atoms with Gasteiger partial charge in [0, 0.05) is 47.2 Å². The van der Waals surface area contributed by atoms with Crippen molar-refractivity contribution in [1.29, 1.82) is 0 Å². The van der Waals surface area contributed by atoms with Crippen LogP contribution in [0.4, 0.5) is 11.4 Å². The third kappa shape index (κ3) is 11.6. The third-order valence-electron chi connectivity index (χ3n) is 10.4. The van der Waals surface area contributed by atoms with E-state index in [-0.39, 0.29) is 12.8 Å². The van der Waals surface area contributed by atoms with Crippen LogP contribution in [-0.4, -0.2) is 75.0 Å². The topological polar surface area (TPSA) is 86.8 Å². The minimum absolute atomic E-state index is 0.165. The van der Waals surface area contributed by atoms with E-state index < -0.39 is 24.1 Å². The summed E-state index contributed by atoms with van der Waals surface area (Å²) in [6.07, 6.45) is -1.89. The van der Waals surface area contributed by atoms with Crippen molar-refractivity contribution < 1.29 is 33.3 Å². The molecule has 2 aliphatic heterocycles. The lowest BCUT2D eigenvalue weighted by Gasteiger charge is -2.30. The number of benzene rings is 6. The molecule has 0 radical (unpaired) electrons. The van der Waals surface area contributed by atoms with E-state index in [9.17, 15) is 9.59 Å². The van der Waals surface area contributed by atoms with Crippen molar-refractivity contribution in [2.24, 2.45) is 0 Å². The van der Waals surface area contributed by atoms with Gasteiger partial charge in [-0.25, -0.2) is 9.59 Å². The summed E-state index contributed by atoms with van der Waals surface area (Å²) >= 11 is 3.77. The number of fused-ring (bicyclic) bond motifs is 2. The molecule has 0 amide bonds. The average Bonchev–Trinajstić information content (AvgIpc) is 3.30. The zero-order valence-electron chi connectivity index (χ0n) is 33.8. The summed E-state index contributed by atoms with van der Waals surface area (Å²) in [6, 6.07) is 50.2. The van der Waals surface area contributed by atoms with Crippen molar-refractivity contribution in [1.82, 2.24) is 0 Å². The Balaban J connectivity index is 0.889. The number of esters is 2. The number of para-hydroxylation sites is 4. The minimum atomic E-state index is -1.11. The third-order valence-corrected chi connectivity index (χ3v) is 12.5. The van der Waals surface area contributed by atoms with Gasteiger partial charge in [0.15, 0.2) is 12.2 Å². The molecule has 0 bridgehead atoms. The van der Waals surface area contributed by atoms with Crippen molar-refractivity contribution >= 4 is 46.8 Å². The van der Waals surface area contributed by atoms with E-state index in [1.54, 1.807) is 24.3 Å². The number of anilines is 2. The number of nitrogens with zero attached hydrogens (tertiary/aromatic N) is 2. The molecule has 2 aliphatic rings. The van der Waals surface area contributed by atoms with Crippen molar-refractivity contribution in [3.05, 3.63) is 169 Å². The van der Waals surface area contributed by atoms with E-state index in [2.05, 4.69) is 58.3 Å². The van der Waals surface area contributed by atoms with Gasteiger partial charge in [0.2, 0.25) is 0 Å². The predicted molar refractivity (Wildman–Crippen MR) is 243 cm³/mol. The fourth-order valence-corrected chi connectivity index (χ4v) is 9.34. The summed E-state index contributed by atoms with van der Waals surface area (Å²) in [7, 11) is 0. The van der Waals surface area contributed by atoms with Crippen molar-refractivity contribution in [2.45, 2.75) is 34.8 Å². The second-order valence-corrected chi connectivity index (χ2v) is 16.9.